The summed E-state index contributed by atoms with van der Waals surface area (Å²) < 4.78 is 5.15. The third-order valence-corrected chi connectivity index (χ3v) is 4.89. The third-order valence-electron chi connectivity index (χ3n) is 4.48. The van der Waals surface area contributed by atoms with Gasteiger partial charge in [-0.3, -0.25) is 9.59 Å². The van der Waals surface area contributed by atoms with E-state index in [1.165, 1.54) is 0 Å². The van der Waals surface area contributed by atoms with E-state index in [2.05, 4.69) is 5.32 Å². The number of halogens is 1. The molecule has 1 heterocycles. The average molecular weight is 353 g/mol. The largest absolute Gasteiger partial charge is 0.372 e. The quantitative estimate of drug-likeness (QED) is 0.856. The van der Waals surface area contributed by atoms with E-state index in [-0.39, 0.29) is 24.3 Å². The molecular weight excluding hydrogens is 328 g/mol. The summed E-state index contributed by atoms with van der Waals surface area (Å²) in [5.41, 5.74) is 2.02. The van der Waals surface area contributed by atoms with Crippen LogP contribution in [0.5, 0.6) is 0 Å². The van der Waals surface area contributed by atoms with Gasteiger partial charge in [-0.25, -0.2) is 0 Å². The van der Waals surface area contributed by atoms with Crippen molar-refractivity contribution in [3.63, 3.8) is 0 Å². The van der Waals surface area contributed by atoms with Crippen LogP contribution in [0.15, 0.2) is 18.2 Å². The lowest BCUT2D eigenvalue weighted by Gasteiger charge is -2.31. The summed E-state index contributed by atoms with van der Waals surface area (Å²) in [6.07, 6.45) is 1.39. The fourth-order valence-electron chi connectivity index (χ4n) is 2.84. The molecule has 6 heteroatoms. The molecule has 0 bridgehead atoms. The molecule has 0 aromatic heterocycles. The lowest BCUT2D eigenvalue weighted by atomic mass is 9.95. The van der Waals surface area contributed by atoms with Crippen LogP contribution < -0.4 is 5.32 Å². The van der Waals surface area contributed by atoms with E-state index in [0.717, 1.165) is 11.1 Å². The summed E-state index contributed by atoms with van der Waals surface area (Å²) in [6.45, 7) is 6.18. The van der Waals surface area contributed by atoms with Crippen LogP contribution in [0.3, 0.4) is 0 Å². The summed E-state index contributed by atoms with van der Waals surface area (Å²) in [7, 11) is 0. The highest BCUT2D eigenvalue weighted by molar-refractivity contribution is 6.31. The topological polar surface area (TPSA) is 58.6 Å². The number of carbonyl (C=O) groups is 2. The number of likely N-dealkylation sites (tertiary alicyclic amines) is 1. The van der Waals surface area contributed by atoms with E-state index < -0.39 is 0 Å². The van der Waals surface area contributed by atoms with Crippen molar-refractivity contribution in [2.45, 2.75) is 33.2 Å². The molecule has 1 aliphatic rings. The summed E-state index contributed by atoms with van der Waals surface area (Å²) in [6, 6.07) is 5.70. The summed E-state index contributed by atoms with van der Waals surface area (Å²) in [5.74, 6) is 0.0113. The van der Waals surface area contributed by atoms with Crippen LogP contribution in [0.1, 0.15) is 30.9 Å². The molecule has 0 aliphatic carbocycles. The number of nitrogens with zero attached hydrogens (tertiary/aromatic N) is 1. The van der Waals surface area contributed by atoms with E-state index in [9.17, 15) is 9.59 Å². The molecule has 132 valence electrons. The minimum Gasteiger partial charge on any atom is -0.372 e. The zero-order valence-electron chi connectivity index (χ0n) is 14.3. The van der Waals surface area contributed by atoms with Crippen molar-refractivity contribution in [2.75, 3.05) is 26.3 Å². The number of carbonyl (C=O) groups excluding carboxylic acids is 2. The molecule has 2 amide bonds. The minimum atomic E-state index is -0.0411. The summed E-state index contributed by atoms with van der Waals surface area (Å²) in [4.78, 5) is 26.0. The maximum absolute atomic E-state index is 12.3. The van der Waals surface area contributed by atoms with Gasteiger partial charge in [-0.05, 0) is 43.9 Å². The molecule has 1 saturated heterocycles. The number of hydrogen-bond acceptors (Lipinski definition) is 3. The highest BCUT2D eigenvalue weighted by Crippen LogP contribution is 2.20. The number of amides is 2. The van der Waals surface area contributed by atoms with Crippen LogP contribution >= 0.6 is 11.6 Å². The van der Waals surface area contributed by atoms with Crippen molar-refractivity contribution in [1.82, 2.24) is 10.2 Å². The van der Waals surface area contributed by atoms with Gasteiger partial charge < -0.3 is 15.0 Å². The van der Waals surface area contributed by atoms with Crippen LogP contribution in [0.25, 0.3) is 0 Å². The molecule has 0 saturated carbocycles. The van der Waals surface area contributed by atoms with Crippen LogP contribution in [0.2, 0.25) is 5.02 Å². The van der Waals surface area contributed by atoms with Gasteiger partial charge in [0.05, 0.1) is 0 Å². The molecule has 1 aliphatic heterocycles. The molecule has 24 heavy (non-hydrogen) atoms. The molecule has 0 radical (unpaired) electrons. The second-order valence-corrected chi connectivity index (χ2v) is 6.44. The van der Waals surface area contributed by atoms with E-state index in [4.69, 9.17) is 16.3 Å². The first-order chi connectivity index (χ1) is 11.5. The number of nitrogens with one attached hydrogen (secondary N) is 1. The van der Waals surface area contributed by atoms with Crippen molar-refractivity contribution in [3.8, 4) is 0 Å². The molecule has 1 fully saturated rings. The molecule has 0 atom stereocenters. The Hall–Kier alpha value is -1.59. The van der Waals surface area contributed by atoms with Crippen molar-refractivity contribution in [3.05, 3.63) is 34.3 Å². The van der Waals surface area contributed by atoms with Gasteiger partial charge in [0.2, 0.25) is 11.8 Å². The van der Waals surface area contributed by atoms with Gasteiger partial charge in [0.25, 0.3) is 0 Å². The Morgan fingerprint density at radius 2 is 2.04 bits per heavy atom. The average Bonchev–Trinajstić information content (AvgIpc) is 2.60. The smallest absolute Gasteiger partial charge is 0.248 e. The van der Waals surface area contributed by atoms with Crippen molar-refractivity contribution < 1.29 is 14.3 Å². The van der Waals surface area contributed by atoms with E-state index in [1.807, 2.05) is 32.0 Å². The SMILES string of the molecule is CCOCC(=O)N1CCC(C(=O)NCc2cccc(Cl)c2C)CC1. The van der Waals surface area contributed by atoms with Crippen molar-refractivity contribution in [1.29, 1.82) is 0 Å². The molecule has 1 aromatic rings. The molecule has 5 nitrogen and oxygen atoms in total. The number of ether oxygens (including phenoxy) is 1. The molecule has 1 aromatic carbocycles. The molecule has 2 rings (SSSR count). The van der Waals surface area contributed by atoms with Crippen LogP contribution in [-0.4, -0.2) is 43.0 Å². The van der Waals surface area contributed by atoms with E-state index in [1.54, 1.807) is 4.90 Å². The van der Waals surface area contributed by atoms with Gasteiger partial charge in [0.1, 0.15) is 6.61 Å². The Balaban J connectivity index is 1.78. The minimum absolute atomic E-state index is 0.00487. The number of benzene rings is 1. The lowest BCUT2D eigenvalue weighted by molar-refractivity contribution is -0.139. The second kappa shape index (κ2) is 9.04. The standard InChI is InChI=1S/C18H25ClN2O3/c1-3-24-12-17(22)21-9-7-14(8-10-21)18(23)20-11-15-5-4-6-16(19)13(15)2/h4-6,14H,3,7-12H2,1-2H3,(H,20,23). The van der Waals surface area contributed by atoms with Gasteiger partial charge in [-0.2, -0.15) is 0 Å². The molecule has 0 unspecified atom stereocenters. The Bertz CT molecular complexity index is 584. The predicted molar refractivity (Wildman–Crippen MR) is 93.8 cm³/mol. The van der Waals surface area contributed by atoms with Crippen LogP contribution in [0, 0.1) is 12.8 Å². The van der Waals surface area contributed by atoms with Gasteiger partial charge in [0.15, 0.2) is 0 Å². The molecular formula is C18H25ClN2O3. The molecule has 1 N–H and O–H groups in total. The summed E-state index contributed by atoms with van der Waals surface area (Å²) in [5, 5.41) is 3.70. The van der Waals surface area contributed by atoms with Gasteiger partial charge >= 0.3 is 0 Å². The zero-order chi connectivity index (χ0) is 17.5. The Morgan fingerprint density at radius 3 is 2.71 bits per heavy atom. The second-order valence-electron chi connectivity index (χ2n) is 6.03. The first kappa shape index (κ1) is 18.7. The monoisotopic (exact) mass is 352 g/mol. The molecule has 0 spiro atoms. The highest BCUT2D eigenvalue weighted by Gasteiger charge is 2.27. The van der Waals surface area contributed by atoms with Crippen LogP contribution in [0.4, 0.5) is 0 Å². The van der Waals surface area contributed by atoms with Crippen molar-refractivity contribution in [2.24, 2.45) is 5.92 Å². The Labute approximate surface area is 148 Å². The fraction of sp³-hybridized carbons (Fsp3) is 0.556. The maximum Gasteiger partial charge on any atom is 0.248 e. The van der Waals surface area contributed by atoms with Crippen LogP contribution in [-0.2, 0) is 20.9 Å². The highest BCUT2D eigenvalue weighted by atomic mass is 35.5. The van der Waals surface area contributed by atoms with Gasteiger partial charge in [0, 0.05) is 37.2 Å². The Kier molecular flexibility index (Phi) is 7.06. The van der Waals surface area contributed by atoms with E-state index in [0.29, 0.717) is 44.1 Å². The van der Waals surface area contributed by atoms with Gasteiger partial charge in [-0.1, -0.05) is 23.7 Å². The van der Waals surface area contributed by atoms with Gasteiger partial charge in [-0.15, -0.1) is 0 Å². The first-order valence-electron chi connectivity index (χ1n) is 8.40. The Morgan fingerprint density at radius 1 is 1.33 bits per heavy atom. The fourth-order valence-corrected chi connectivity index (χ4v) is 3.04. The number of hydrogen-bond donors (Lipinski definition) is 1. The van der Waals surface area contributed by atoms with Crippen molar-refractivity contribution >= 4 is 23.4 Å². The third kappa shape index (κ3) is 4.95. The number of piperidine rings is 1. The van der Waals surface area contributed by atoms with E-state index >= 15 is 0 Å². The first-order valence-corrected chi connectivity index (χ1v) is 8.78. The maximum atomic E-state index is 12.3. The lowest BCUT2D eigenvalue weighted by Crippen LogP contribution is -2.44. The predicted octanol–water partition coefficient (Wildman–Crippen LogP) is 2.54. The summed E-state index contributed by atoms with van der Waals surface area (Å²) >= 11 is 6.10. The zero-order valence-corrected chi connectivity index (χ0v) is 15.1. The number of rotatable bonds is 6. The normalized spacial score (nSPS) is 15.4.